The summed E-state index contributed by atoms with van der Waals surface area (Å²) >= 11 is 0. The molecule has 0 unspecified atom stereocenters. The van der Waals surface area contributed by atoms with Gasteiger partial charge in [0.15, 0.2) is 0 Å². The summed E-state index contributed by atoms with van der Waals surface area (Å²) in [5.74, 6) is 1.38. The van der Waals surface area contributed by atoms with Crippen molar-refractivity contribution in [2.24, 2.45) is 0 Å². The zero-order chi connectivity index (χ0) is 19.2. The molecule has 2 N–H and O–H groups in total. The summed E-state index contributed by atoms with van der Waals surface area (Å²) in [7, 11) is 0. The average Bonchev–Trinajstić information content (AvgIpc) is 2.70. The molecule has 5 heteroatoms. The van der Waals surface area contributed by atoms with Crippen molar-refractivity contribution in [3.63, 3.8) is 0 Å². The van der Waals surface area contributed by atoms with E-state index in [0.29, 0.717) is 12.0 Å². The molecule has 0 saturated heterocycles. The molecule has 3 rings (SSSR count). The number of aromatic nitrogens is 3. The summed E-state index contributed by atoms with van der Waals surface area (Å²) in [5.41, 5.74) is 5.20. The Morgan fingerprint density at radius 3 is 2.56 bits per heavy atom. The van der Waals surface area contributed by atoms with Crippen molar-refractivity contribution in [1.29, 1.82) is 0 Å². The van der Waals surface area contributed by atoms with Gasteiger partial charge in [0, 0.05) is 24.0 Å². The second-order valence-corrected chi connectivity index (χ2v) is 6.72. The molecule has 27 heavy (non-hydrogen) atoms. The van der Waals surface area contributed by atoms with Gasteiger partial charge in [-0.05, 0) is 49.9 Å². The monoisotopic (exact) mass is 361 g/mol. The molecule has 0 spiro atoms. The van der Waals surface area contributed by atoms with Crippen LogP contribution >= 0.6 is 0 Å². The van der Waals surface area contributed by atoms with E-state index in [-0.39, 0.29) is 0 Å². The number of nitrogens with one attached hydrogen (secondary N) is 2. The van der Waals surface area contributed by atoms with Crippen LogP contribution < -0.4 is 10.6 Å². The summed E-state index contributed by atoms with van der Waals surface area (Å²) in [6, 6.07) is 14.4. The van der Waals surface area contributed by atoms with Crippen LogP contribution in [0.5, 0.6) is 0 Å². The number of aryl methyl sites for hydroxylation is 2. The highest BCUT2D eigenvalue weighted by Crippen LogP contribution is 2.27. The van der Waals surface area contributed by atoms with Crippen LogP contribution in [0.2, 0.25) is 0 Å². The number of pyridine rings is 1. The Morgan fingerprint density at radius 1 is 1.00 bits per heavy atom. The molecule has 1 aromatic carbocycles. The van der Waals surface area contributed by atoms with E-state index >= 15 is 0 Å². The Kier molecular flexibility index (Phi) is 6.01. The van der Waals surface area contributed by atoms with Crippen LogP contribution in [0.3, 0.4) is 0 Å². The van der Waals surface area contributed by atoms with Crippen LogP contribution in [0.25, 0.3) is 11.4 Å². The molecule has 140 valence electrons. The molecule has 0 radical (unpaired) electrons. The van der Waals surface area contributed by atoms with Gasteiger partial charge in [0.1, 0.15) is 5.82 Å². The Morgan fingerprint density at radius 2 is 1.85 bits per heavy atom. The number of hydrogen-bond acceptors (Lipinski definition) is 5. The van der Waals surface area contributed by atoms with E-state index in [1.165, 1.54) is 11.1 Å². The van der Waals surface area contributed by atoms with Crippen molar-refractivity contribution in [2.45, 2.75) is 46.6 Å². The molecular formula is C22H27N5. The molecule has 2 aromatic heterocycles. The number of para-hydroxylation sites is 1. The number of hydrogen-bond donors (Lipinski definition) is 2. The lowest BCUT2D eigenvalue weighted by molar-refractivity contribution is 0.753. The zero-order valence-corrected chi connectivity index (χ0v) is 16.5. The summed E-state index contributed by atoms with van der Waals surface area (Å²) in [4.78, 5) is 13.8. The predicted octanol–water partition coefficient (Wildman–Crippen LogP) is 5.36. The van der Waals surface area contributed by atoms with E-state index in [1.54, 1.807) is 6.20 Å². The molecular weight excluding hydrogens is 334 g/mol. The largest absolute Gasteiger partial charge is 0.352 e. The lowest BCUT2D eigenvalue weighted by Crippen LogP contribution is -2.16. The van der Waals surface area contributed by atoms with Gasteiger partial charge < -0.3 is 10.6 Å². The summed E-state index contributed by atoms with van der Waals surface area (Å²) in [6.45, 7) is 8.54. The van der Waals surface area contributed by atoms with Crippen LogP contribution in [-0.4, -0.2) is 21.0 Å². The van der Waals surface area contributed by atoms with Gasteiger partial charge in [-0.15, -0.1) is 0 Å². The fourth-order valence-corrected chi connectivity index (χ4v) is 2.87. The van der Waals surface area contributed by atoms with Crippen molar-refractivity contribution in [1.82, 2.24) is 15.0 Å². The number of nitrogens with zero attached hydrogens (tertiary/aromatic N) is 3. The van der Waals surface area contributed by atoms with Gasteiger partial charge in [0.2, 0.25) is 5.95 Å². The Bertz CT molecular complexity index is 892. The number of anilines is 3. The fraction of sp³-hybridized carbons (Fsp3) is 0.318. The van der Waals surface area contributed by atoms with Crippen LogP contribution in [0, 0.1) is 6.92 Å². The highest BCUT2D eigenvalue weighted by Gasteiger charge is 2.12. The first-order chi connectivity index (χ1) is 13.1. The SMILES string of the molecule is CCc1cccc(C)c1Nc1cc(-c2ccccn2)nc(N[C@H](C)CC)n1. The van der Waals surface area contributed by atoms with Gasteiger partial charge in [-0.2, -0.15) is 4.98 Å². The van der Waals surface area contributed by atoms with E-state index in [1.807, 2.05) is 24.3 Å². The highest BCUT2D eigenvalue weighted by molar-refractivity contribution is 5.69. The summed E-state index contributed by atoms with van der Waals surface area (Å²) < 4.78 is 0. The minimum atomic E-state index is 0.293. The summed E-state index contributed by atoms with van der Waals surface area (Å²) in [5, 5.41) is 6.90. The third-order valence-corrected chi connectivity index (χ3v) is 4.63. The molecule has 0 aliphatic carbocycles. The van der Waals surface area contributed by atoms with Gasteiger partial charge in [-0.3, -0.25) is 4.98 Å². The van der Waals surface area contributed by atoms with Crippen LogP contribution in [0.4, 0.5) is 17.5 Å². The van der Waals surface area contributed by atoms with E-state index < -0.39 is 0 Å². The normalized spacial score (nSPS) is 11.9. The van der Waals surface area contributed by atoms with Crippen LogP contribution in [0.1, 0.15) is 38.3 Å². The minimum Gasteiger partial charge on any atom is -0.352 e. The third kappa shape index (κ3) is 4.61. The quantitative estimate of drug-likeness (QED) is 0.593. The lowest BCUT2D eigenvalue weighted by atomic mass is 10.1. The molecule has 0 aliphatic heterocycles. The maximum atomic E-state index is 4.70. The maximum Gasteiger partial charge on any atom is 0.225 e. The zero-order valence-electron chi connectivity index (χ0n) is 16.5. The van der Waals surface area contributed by atoms with E-state index in [0.717, 1.165) is 35.7 Å². The second kappa shape index (κ2) is 8.62. The average molecular weight is 361 g/mol. The maximum absolute atomic E-state index is 4.70. The van der Waals surface area contributed by atoms with E-state index in [2.05, 4.69) is 66.5 Å². The van der Waals surface area contributed by atoms with Gasteiger partial charge in [0.05, 0.1) is 11.4 Å². The first-order valence-electron chi connectivity index (χ1n) is 9.53. The van der Waals surface area contributed by atoms with Gasteiger partial charge in [-0.25, -0.2) is 4.98 Å². The Hall–Kier alpha value is -2.95. The van der Waals surface area contributed by atoms with Crippen LogP contribution in [-0.2, 0) is 6.42 Å². The molecule has 3 aromatic rings. The van der Waals surface area contributed by atoms with Crippen LogP contribution in [0.15, 0.2) is 48.7 Å². The Labute approximate surface area is 161 Å². The molecule has 0 aliphatic rings. The lowest BCUT2D eigenvalue weighted by Gasteiger charge is -2.17. The Balaban J connectivity index is 2.03. The molecule has 0 fully saturated rings. The van der Waals surface area contributed by atoms with Crippen molar-refractivity contribution < 1.29 is 0 Å². The molecule has 5 nitrogen and oxygen atoms in total. The molecule has 0 amide bonds. The molecule has 2 heterocycles. The third-order valence-electron chi connectivity index (χ3n) is 4.63. The molecule has 0 bridgehead atoms. The predicted molar refractivity (Wildman–Crippen MR) is 112 cm³/mol. The standard InChI is InChI=1S/C22H27N5/c1-5-16(4)24-22-25-19(18-12-7-8-13-23-18)14-20(27-22)26-21-15(3)10-9-11-17(21)6-2/h7-14,16H,5-6H2,1-4H3,(H2,24,25,26,27)/t16-/m1/s1. The minimum absolute atomic E-state index is 0.293. The second-order valence-electron chi connectivity index (χ2n) is 6.72. The van der Waals surface area contributed by atoms with E-state index in [4.69, 9.17) is 4.98 Å². The number of benzene rings is 1. The first kappa shape index (κ1) is 18.8. The van der Waals surface area contributed by atoms with Crippen molar-refractivity contribution in [2.75, 3.05) is 10.6 Å². The van der Waals surface area contributed by atoms with Crippen molar-refractivity contribution >= 4 is 17.5 Å². The molecule has 0 saturated carbocycles. The number of rotatable bonds is 7. The topological polar surface area (TPSA) is 62.7 Å². The fourth-order valence-electron chi connectivity index (χ4n) is 2.87. The smallest absolute Gasteiger partial charge is 0.225 e. The summed E-state index contributed by atoms with van der Waals surface area (Å²) in [6.07, 6.45) is 3.74. The molecule has 1 atom stereocenters. The van der Waals surface area contributed by atoms with Gasteiger partial charge >= 0.3 is 0 Å². The van der Waals surface area contributed by atoms with Crippen molar-refractivity contribution in [3.8, 4) is 11.4 Å². The van der Waals surface area contributed by atoms with Gasteiger partial charge in [-0.1, -0.05) is 38.1 Å². The highest BCUT2D eigenvalue weighted by atomic mass is 15.2. The van der Waals surface area contributed by atoms with E-state index in [9.17, 15) is 0 Å². The van der Waals surface area contributed by atoms with Crippen molar-refractivity contribution in [3.05, 3.63) is 59.8 Å². The first-order valence-corrected chi connectivity index (χ1v) is 9.53. The van der Waals surface area contributed by atoms with Gasteiger partial charge in [0.25, 0.3) is 0 Å².